The maximum absolute atomic E-state index is 11.6. The molecule has 0 aliphatic rings. The smallest absolute Gasteiger partial charge is 0.460 e. The highest BCUT2D eigenvalue weighted by Gasteiger charge is 2.20. The van der Waals surface area contributed by atoms with Crippen LogP contribution in [0.25, 0.3) is 0 Å². The Morgan fingerprint density at radius 1 is 0.613 bits per heavy atom. The quantitative estimate of drug-likeness (QED) is 0.103. The van der Waals surface area contributed by atoms with Crippen LogP contribution in [0.4, 0.5) is 0 Å². The van der Waals surface area contributed by atoms with Crippen LogP contribution in [0.15, 0.2) is 25.3 Å². The number of phosphoric ester groups is 1. The molecule has 0 radical (unpaired) electrons. The summed E-state index contributed by atoms with van der Waals surface area (Å²) >= 11 is 0. The minimum Gasteiger partial charge on any atom is -0.460 e. The van der Waals surface area contributed by atoms with E-state index in [4.69, 9.17) is 37.5 Å². The molecule has 0 atom stereocenters. The summed E-state index contributed by atoms with van der Waals surface area (Å²) in [4.78, 5) is 31.0. The van der Waals surface area contributed by atoms with Gasteiger partial charge < -0.3 is 33.3 Å². The Kier molecular flexibility index (Phi) is 19.2. The fourth-order valence-electron chi connectivity index (χ4n) is 1.62. The molecule has 0 saturated heterocycles. The first-order chi connectivity index (χ1) is 14.9. The van der Waals surface area contributed by atoms with Crippen LogP contribution in [-0.2, 0) is 51.6 Å². The van der Waals surface area contributed by atoms with Crippen LogP contribution >= 0.6 is 7.82 Å². The Morgan fingerprint density at radius 3 is 1.23 bits per heavy atom. The van der Waals surface area contributed by atoms with Gasteiger partial charge in [0.15, 0.2) is 0 Å². The summed E-state index contributed by atoms with van der Waals surface area (Å²) in [6, 6.07) is 0. The number of hydrogen-bond acceptors (Lipinski definition) is 11. The normalized spacial score (nSPS) is 11.1. The van der Waals surface area contributed by atoms with E-state index in [0.717, 1.165) is 12.2 Å². The lowest BCUT2D eigenvalue weighted by Gasteiger charge is -2.12. The largest absolute Gasteiger partial charge is 0.472 e. The van der Waals surface area contributed by atoms with Crippen molar-refractivity contribution in [2.24, 2.45) is 0 Å². The third-order valence-electron chi connectivity index (χ3n) is 2.99. The van der Waals surface area contributed by atoms with E-state index in [9.17, 15) is 19.0 Å². The van der Waals surface area contributed by atoms with Gasteiger partial charge in [-0.3, -0.25) is 9.05 Å². The number of rotatable bonds is 22. The van der Waals surface area contributed by atoms with Gasteiger partial charge in [-0.05, 0) is 0 Å². The van der Waals surface area contributed by atoms with Gasteiger partial charge in [0.05, 0.1) is 66.1 Å². The number of ether oxygens (including phenoxy) is 6. The first-order valence-electron chi connectivity index (χ1n) is 9.42. The van der Waals surface area contributed by atoms with Crippen LogP contribution in [0.2, 0.25) is 0 Å². The van der Waals surface area contributed by atoms with E-state index >= 15 is 0 Å². The van der Waals surface area contributed by atoms with E-state index in [0.29, 0.717) is 0 Å². The van der Waals surface area contributed by atoms with E-state index in [1.807, 2.05) is 0 Å². The summed E-state index contributed by atoms with van der Waals surface area (Å²) in [7, 11) is -4.19. The predicted molar refractivity (Wildman–Crippen MR) is 107 cm³/mol. The van der Waals surface area contributed by atoms with Crippen molar-refractivity contribution in [3.63, 3.8) is 0 Å². The molecule has 0 saturated carbocycles. The van der Waals surface area contributed by atoms with E-state index in [1.165, 1.54) is 0 Å². The molecule has 0 aliphatic heterocycles. The minimum absolute atomic E-state index is 0.0681. The molecule has 0 aromatic heterocycles. The van der Waals surface area contributed by atoms with E-state index < -0.39 is 19.8 Å². The van der Waals surface area contributed by atoms with Crippen molar-refractivity contribution in [2.75, 3.05) is 79.3 Å². The molecule has 0 aliphatic carbocycles. The Morgan fingerprint density at radius 2 is 0.903 bits per heavy atom. The van der Waals surface area contributed by atoms with Crippen LogP contribution in [0.3, 0.4) is 0 Å². The molecule has 0 bridgehead atoms. The summed E-state index contributed by atoms with van der Waals surface area (Å²) in [5.74, 6) is -1.04. The number of hydrogen-bond donors (Lipinski definition) is 1. The van der Waals surface area contributed by atoms with Crippen LogP contribution < -0.4 is 0 Å². The summed E-state index contributed by atoms with van der Waals surface area (Å²) in [6.07, 6.45) is 2.12. The van der Waals surface area contributed by atoms with E-state index in [-0.39, 0.29) is 79.3 Å². The zero-order valence-electron chi connectivity index (χ0n) is 17.4. The lowest BCUT2D eigenvalue weighted by Crippen LogP contribution is -2.14. The van der Waals surface area contributed by atoms with Crippen molar-refractivity contribution in [3.05, 3.63) is 25.3 Å². The Balaban J connectivity index is 3.40. The minimum atomic E-state index is -4.19. The van der Waals surface area contributed by atoms with Crippen molar-refractivity contribution in [2.45, 2.75) is 0 Å². The second-order valence-electron chi connectivity index (χ2n) is 5.33. The van der Waals surface area contributed by atoms with Crippen molar-refractivity contribution in [1.29, 1.82) is 0 Å². The fraction of sp³-hybridized carbons (Fsp3) is 0.667. The Hall–Kier alpha value is -1.63. The van der Waals surface area contributed by atoms with Crippen molar-refractivity contribution in [1.82, 2.24) is 0 Å². The molecule has 0 spiro atoms. The third-order valence-corrected chi connectivity index (χ3v) is 4.00. The fourth-order valence-corrected chi connectivity index (χ4v) is 2.31. The Bertz CT molecular complexity index is 510. The zero-order chi connectivity index (χ0) is 23.2. The molecule has 0 rings (SSSR count). The molecule has 0 heterocycles. The lowest BCUT2D eigenvalue weighted by atomic mass is 10.6. The standard InChI is InChI=1S/C18H31O12P/c1-3-17(19)27-13-9-23-5-7-25-11-15-29-31(21,22)30-16-12-26-8-6-24-10-14-28-18(20)4-2/h3-4H,1-2,5-16H2,(H,21,22). The van der Waals surface area contributed by atoms with Crippen LogP contribution in [0.5, 0.6) is 0 Å². The molecule has 12 nitrogen and oxygen atoms in total. The summed E-state index contributed by atoms with van der Waals surface area (Å²) in [6.45, 7) is 8.05. The summed E-state index contributed by atoms with van der Waals surface area (Å²) in [5, 5.41) is 0. The SMILES string of the molecule is C=CC(=O)OCCOCCOCCOP(=O)(O)OCCOCCOCCOC(=O)C=C. The molecule has 0 unspecified atom stereocenters. The molecule has 180 valence electrons. The predicted octanol–water partition coefficient (Wildman–Crippen LogP) is 0.645. The van der Waals surface area contributed by atoms with Gasteiger partial charge in [0.2, 0.25) is 0 Å². The maximum atomic E-state index is 11.6. The van der Waals surface area contributed by atoms with Crippen molar-refractivity contribution >= 4 is 19.8 Å². The topological polar surface area (TPSA) is 145 Å². The third kappa shape index (κ3) is 21.4. The monoisotopic (exact) mass is 470 g/mol. The van der Waals surface area contributed by atoms with Crippen LogP contribution in [0, 0.1) is 0 Å². The number of esters is 2. The zero-order valence-corrected chi connectivity index (χ0v) is 18.3. The highest BCUT2D eigenvalue weighted by atomic mass is 31.2. The van der Waals surface area contributed by atoms with Gasteiger partial charge in [-0.1, -0.05) is 13.2 Å². The molecule has 31 heavy (non-hydrogen) atoms. The first-order valence-corrected chi connectivity index (χ1v) is 10.9. The summed E-state index contributed by atoms with van der Waals surface area (Å²) in [5.41, 5.74) is 0. The molecular formula is C18H31O12P. The van der Waals surface area contributed by atoms with E-state index in [1.54, 1.807) is 0 Å². The molecule has 0 amide bonds. The Labute approximate surface area is 181 Å². The highest BCUT2D eigenvalue weighted by molar-refractivity contribution is 7.47. The number of carbonyl (C=O) groups is 2. The van der Waals surface area contributed by atoms with Gasteiger partial charge >= 0.3 is 19.8 Å². The second-order valence-corrected chi connectivity index (χ2v) is 6.78. The molecular weight excluding hydrogens is 439 g/mol. The molecule has 0 aromatic rings. The number of carbonyl (C=O) groups excluding carboxylic acids is 2. The lowest BCUT2D eigenvalue weighted by molar-refractivity contribution is -0.140. The van der Waals surface area contributed by atoms with Gasteiger partial charge in [-0.2, -0.15) is 0 Å². The maximum Gasteiger partial charge on any atom is 0.472 e. The summed E-state index contributed by atoms with van der Waals surface area (Å²) < 4.78 is 51.2. The van der Waals surface area contributed by atoms with Crippen molar-refractivity contribution in [3.8, 4) is 0 Å². The second kappa shape index (κ2) is 20.3. The van der Waals surface area contributed by atoms with Crippen LogP contribution in [0.1, 0.15) is 0 Å². The van der Waals surface area contributed by atoms with Gasteiger partial charge in [-0.15, -0.1) is 0 Å². The average molecular weight is 470 g/mol. The molecule has 1 N–H and O–H groups in total. The first kappa shape index (κ1) is 29.4. The molecule has 0 aromatic carbocycles. The van der Waals surface area contributed by atoms with E-state index in [2.05, 4.69) is 13.2 Å². The molecule has 13 heteroatoms. The highest BCUT2D eigenvalue weighted by Crippen LogP contribution is 2.42. The average Bonchev–Trinajstić information content (AvgIpc) is 2.75. The van der Waals surface area contributed by atoms with Crippen molar-refractivity contribution < 1.29 is 56.5 Å². The van der Waals surface area contributed by atoms with Gasteiger partial charge in [0.25, 0.3) is 0 Å². The van der Waals surface area contributed by atoms with Crippen LogP contribution in [-0.4, -0.2) is 96.1 Å². The van der Waals surface area contributed by atoms with Gasteiger partial charge in [0.1, 0.15) is 13.2 Å². The molecule has 0 fully saturated rings. The van der Waals surface area contributed by atoms with Gasteiger partial charge in [-0.25, -0.2) is 14.2 Å². The number of phosphoric acid groups is 1. The van der Waals surface area contributed by atoms with Gasteiger partial charge in [0, 0.05) is 12.2 Å².